The van der Waals surface area contributed by atoms with E-state index in [-0.39, 0.29) is 6.10 Å². The molecule has 1 aliphatic heterocycles. The van der Waals surface area contributed by atoms with Gasteiger partial charge in [-0.3, -0.25) is 0 Å². The third kappa shape index (κ3) is 1.03. The lowest BCUT2D eigenvalue weighted by atomic mass is 10.2. The first-order chi connectivity index (χ1) is 3.43. The van der Waals surface area contributed by atoms with Gasteiger partial charge >= 0.3 is 0 Å². The van der Waals surface area contributed by atoms with Gasteiger partial charge in [0.1, 0.15) is 0 Å². The highest BCUT2D eigenvalue weighted by Gasteiger charge is 2.10. The van der Waals surface area contributed by atoms with Crippen molar-refractivity contribution in [2.24, 2.45) is 0 Å². The van der Waals surface area contributed by atoms with Gasteiger partial charge in [-0.25, -0.2) is 0 Å². The molecule has 0 aromatic heterocycles. The highest BCUT2D eigenvalue weighted by Crippen LogP contribution is 2.10. The Hall–Kier alpha value is -0.300. The minimum atomic E-state index is 0.236. The summed E-state index contributed by atoms with van der Waals surface area (Å²) in [6.45, 7) is 4.39. The third-order valence-electron chi connectivity index (χ3n) is 1.16. The van der Waals surface area contributed by atoms with Gasteiger partial charge in [0, 0.05) is 6.61 Å². The molecule has 1 rings (SSSR count). The molecular weight excluding hydrogens is 88.1 g/mol. The van der Waals surface area contributed by atoms with E-state index in [1.165, 1.54) is 6.42 Å². The first-order valence-corrected chi connectivity index (χ1v) is 2.57. The number of hydrogen-bond donors (Lipinski definition) is 0. The zero-order valence-electron chi connectivity index (χ0n) is 4.31. The fourth-order valence-corrected chi connectivity index (χ4v) is 0.739. The summed E-state index contributed by atoms with van der Waals surface area (Å²) >= 11 is 0. The molecule has 7 heavy (non-hydrogen) atoms. The fourth-order valence-electron chi connectivity index (χ4n) is 0.739. The zero-order chi connectivity index (χ0) is 5.11. The van der Waals surface area contributed by atoms with Crippen LogP contribution in [0.1, 0.15) is 12.8 Å². The van der Waals surface area contributed by atoms with Crippen LogP contribution in [0.25, 0.3) is 0 Å². The molecule has 0 spiro atoms. The average Bonchev–Trinajstić information content (AvgIpc) is 2.14. The van der Waals surface area contributed by atoms with Crippen LogP contribution in [0.5, 0.6) is 0 Å². The van der Waals surface area contributed by atoms with Gasteiger partial charge in [0.05, 0.1) is 6.10 Å². The molecule has 0 aromatic carbocycles. The number of rotatable bonds is 1. The first-order valence-electron chi connectivity index (χ1n) is 2.57. The Balaban J connectivity index is 2.26. The smallest absolute Gasteiger partial charge is 0.0823 e. The van der Waals surface area contributed by atoms with E-state index >= 15 is 0 Å². The highest BCUT2D eigenvalue weighted by atomic mass is 16.5. The van der Waals surface area contributed by atoms with E-state index in [9.17, 15) is 0 Å². The van der Waals surface area contributed by atoms with Crippen molar-refractivity contribution in [1.82, 2.24) is 0 Å². The molecular formula is C6H9O. The lowest BCUT2D eigenvalue weighted by Gasteiger charge is -1.96. The monoisotopic (exact) mass is 97.1 g/mol. The molecule has 0 aliphatic carbocycles. The molecule has 39 valence electrons. The number of hydrogen-bond acceptors (Lipinski definition) is 1. The third-order valence-corrected chi connectivity index (χ3v) is 1.16. The molecule has 0 aromatic rings. The van der Waals surface area contributed by atoms with Crippen LogP contribution in [0.4, 0.5) is 0 Å². The standard InChI is InChI=1S/C6H9O/c1-2-6-4-3-5-7-6/h6H,1,3-5H2. The molecule has 1 saturated heterocycles. The van der Waals surface area contributed by atoms with E-state index in [2.05, 4.69) is 12.7 Å². The van der Waals surface area contributed by atoms with E-state index in [0.717, 1.165) is 13.0 Å². The van der Waals surface area contributed by atoms with Crippen LogP contribution in [-0.2, 0) is 4.74 Å². The zero-order valence-corrected chi connectivity index (χ0v) is 4.31. The van der Waals surface area contributed by atoms with E-state index in [0.29, 0.717) is 0 Å². The first kappa shape index (κ1) is 4.85. The molecule has 1 atom stereocenters. The molecule has 1 unspecified atom stereocenters. The van der Waals surface area contributed by atoms with Crippen molar-refractivity contribution in [3.63, 3.8) is 0 Å². The summed E-state index contributed by atoms with van der Waals surface area (Å²) in [5, 5.41) is 0. The molecule has 0 amide bonds. The van der Waals surface area contributed by atoms with Gasteiger partial charge in [-0.2, -0.15) is 0 Å². The summed E-state index contributed by atoms with van der Waals surface area (Å²) < 4.78 is 5.13. The lowest BCUT2D eigenvalue weighted by Crippen LogP contribution is -1.97. The van der Waals surface area contributed by atoms with Crippen LogP contribution in [0, 0.1) is 6.08 Å². The molecule has 1 aliphatic rings. The van der Waals surface area contributed by atoms with E-state index in [1.807, 2.05) is 0 Å². The van der Waals surface area contributed by atoms with Gasteiger partial charge in [0.15, 0.2) is 0 Å². The molecule has 1 heteroatoms. The molecule has 1 fully saturated rings. The van der Waals surface area contributed by atoms with E-state index in [1.54, 1.807) is 0 Å². The predicted molar refractivity (Wildman–Crippen MR) is 27.8 cm³/mol. The maximum Gasteiger partial charge on any atom is 0.0823 e. The van der Waals surface area contributed by atoms with Gasteiger partial charge in [0.25, 0.3) is 0 Å². The maximum atomic E-state index is 5.13. The second kappa shape index (κ2) is 2.12. The Morgan fingerprint density at radius 2 is 2.57 bits per heavy atom. The predicted octanol–water partition coefficient (Wildman–Crippen LogP) is 1.15. The summed E-state index contributed by atoms with van der Waals surface area (Å²) in [6, 6.07) is 0. The Morgan fingerprint density at radius 3 is 2.86 bits per heavy atom. The van der Waals surface area contributed by atoms with Crippen molar-refractivity contribution in [2.45, 2.75) is 18.9 Å². The van der Waals surface area contributed by atoms with Crippen molar-refractivity contribution in [1.29, 1.82) is 0 Å². The molecule has 1 nitrogen and oxygen atoms in total. The van der Waals surface area contributed by atoms with Crippen LogP contribution in [0.2, 0.25) is 0 Å². The minimum absolute atomic E-state index is 0.236. The van der Waals surface area contributed by atoms with Gasteiger partial charge in [-0.15, -0.1) is 0 Å². The molecule has 0 N–H and O–H groups in total. The molecule has 0 saturated carbocycles. The van der Waals surface area contributed by atoms with Crippen LogP contribution >= 0.6 is 0 Å². The van der Waals surface area contributed by atoms with Crippen LogP contribution < -0.4 is 0 Å². The van der Waals surface area contributed by atoms with Crippen LogP contribution in [0.3, 0.4) is 0 Å². The quantitative estimate of drug-likeness (QED) is 0.477. The molecule has 1 heterocycles. The van der Waals surface area contributed by atoms with E-state index in [4.69, 9.17) is 4.74 Å². The van der Waals surface area contributed by atoms with Crippen molar-refractivity contribution >= 4 is 0 Å². The fraction of sp³-hybridized carbons (Fsp3) is 0.667. The van der Waals surface area contributed by atoms with Gasteiger partial charge in [0.2, 0.25) is 0 Å². The maximum absolute atomic E-state index is 5.13. The summed E-state index contributed by atoms with van der Waals surface area (Å²) in [4.78, 5) is 0. The largest absolute Gasteiger partial charge is 0.374 e. The second-order valence-corrected chi connectivity index (χ2v) is 1.71. The van der Waals surface area contributed by atoms with Crippen molar-refractivity contribution in [3.05, 3.63) is 12.7 Å². The Bertz CT molecular complexity index is 62.6. The Morgan fingerprint density at radius 1 is 1.71 bits per heavy atom. The van der Waals surface area contributed by atoms with Crippen molar-refractivity contribution < 1.29 is 4.74 Å². The Kier molecular flexibility index (Phi) is 1.47. The van der Waals surface area contributed by atoms with Gasteiger partial charge < -0.3 is 4.74 Å². The summed E-state index contributed by atoms with van der Waals surface area (Å²) in [7, 11) is 0. The van der Waals surface area contributed by atoms with E-state index < -0.39 is 0 Å². The summed E-state index contributed by atoms with van der Waals surface area (Å²) in [6.07, 6.45) is 5.32. The SMILES string of the molecule is C=[C]C1CCCO1. The minimum Gasteiger partial charge on any atom is -0.374 e. The Labute approximate surface area is 44.0 Å². The molecule has 1 radical (unpaired) electrons. The highest BCUT2D eigenvalue weighted by molar-refractivity contribution is 4.74. The van der Waals surface area contributed by atoms with Gasteiger partial charge in [-0.1, -0.05) is 6.58 Å². The average molecular weight is 97.1 g/mol. The topological polar surface area (TPSA) is 9.23 Å². The molecule has 0 bridgehead atoms. The second-order valence-electron chi connectivity index (χ2n) is 1.71. The summed E-state index contributed by atoms with van der Waals surface area (Å²) in [5.41, 5.74) is 0. The lowest BCUT2D eigenvalue weighted by molar-refractivity contribution is 0.141. The van der Waals surface area contributed by atoms with Crippen LogP contribution in [-0.4, -0.2) is 12.7 Å². The van der Waals surface area contributed by atoms with Crippen LogP contribution in [0.15, 0.2) is 6.58 Å². The normalized spacial score (nSPS) is 30.6. The van der Waals surface area contributed by atoms with Gasteiger partial charge in [-0.05, 0) is 18.9 Å². The number of ether oxygens (including phenoxy) is 1. The van der Waals surface area contributed by atoms with Crippen molar-refractivity contribution in [3.8, 4) is 0 Å². The summed E-state index contributed by atoms with van der Waals surface area (Å²) in [5.74, 6) is 0. The van der Waals surface area contributed by atoms with Crippen molar-refractivity contribution in [2.75, 3.05) is 6.61 Å².